The lowest BCUT2D eigenvalue weighted by atomic mass is 10.1. The van der Waals surface area contributed by atoms with Crippen LogP contribution in [0.2, 0.25) is 0 Å². The second kappa shape index (κ2) is 5.76. The van der Waals surface area contributed by atoms with Crippen molar-refractivity contribution in [3.8, 4) is 0 Å². The van der Waals surface area contributed by atoms with E-state index in [1.807, 2.05) is 0 Å². The van der Waals surface area contributed by atoms with Gasteiger partial charge in [0.1, 0.15) is 0 Å². The molecule has 0 aromatic heterocycles. The summed E-state index contributed by atoms with van der Waals surface area (Å²) in [5.41, 5.74) is 9.56. The molecule has 0 saturated heterocycles. The molecule has 1 aromatic carbocycles. The normalized spacial score (nSPS) is 12.5. The molecule has 1 atom stereocenters. The molecule has 0 saturated carbocycles. The summed E-state index contributed by atoms with van der Waals surface area (Å²) in [7, 11) is 0. The zero-order chi connectivity index (χ0) is 11.3. The zero-order valence-electron chi connectivity index (χ0n) is 10.0. The molecule has 0 radical (unpaired) electrons. The van der Waals surface area contributed by atoms with Crippen LogP contribution >= 0.6 is 0 Å². The Bertz CT molecular complexity index is 305. The quantitative estimate of drug-likeness (QED) is 0.727. The second-order valence-corrected chi connectivity index (χ2v) is 4.36. The lowest BCUT2D eigenvalue weighted by Gasteiger charge is -2.10. The molecule has 2 nitrogen and oxygen atoms in total. The van der Waals surface area contributed by atoms with E-state index in [1.54, 1.807) is 0 Å². The average Bonchev–Trinajstić information content (AvgIpc) is 2.14. The topological polar surface area (TPSA) is 38.0 Å². The number of nitrogens with two attached hydrogens (primary N) is 1. The highest BCUT2D eigenvalue weighted by atomic mass is 14.9. The number of aryl methyl sites for hydroxylation is 2. The molecule has 0 aliphatic carbocycles. The van der Waals surface area contributed by atoms with Crippen molar-refractivity contribution in [2.75, 3.05) is 11.9 Å². The van der Waals surface area contributed by atoms with E-state index >= 15 is 0 Å². The van der Waals surface area contributed by atoms with Gasteiger partial charge in [0.25, 0.3) is 0 Å². The van der Waals surface area contributed by atoms with Gasteiger partial charge in [-0.05, 0) is 45.2 Å². The van der Waals surface area contributed by atoms with Crippen LogP contribution in [0, 0.1) is 13.8 Å². The summed E-state index contributed by atoms with van der Waals surface area (Å²) in [5, 5.41) is 3.44. The molecule has 0 bridgehead atoms. The Balaban J connectivity index is 2.37. The Morgan fingerprint density at radius 1 is 1.33 bits per heavy atom. The second-order valence-electron chi connectivity index (χ2n) is 4.36. The van der Waals surface area contributed by atoms with Crippen molar-refractivity contribution >= 4 is 5.69 Å². The largest absolute Gasteiger partial charge is 0.385 e. The van der Waals surface area contributed by atoms with Gasteiger partial charge < -0.3 is 11.1 Å². The van der Waals surface area contributed by atoms with Crippen LogP contribution in [-0.4, -0.2) is 12.6 Å². The number of benzene rings is 1. The Labute approximate surface area is 92.9 Å². The van der Waals surface area contributed by atoms with Crippen LogP contribution < -0.4 is 11.1 Å². The minimum atomic E-state index is 0.311. The molecule has 2 heteroatoms. The third kappa shape index (κ3) is 4.34. The standard InChI is InChI=1S/C13H22N2/c1-10-6-7-13(11(2)9-10)15-8-4-5-12(3)14/h6-7,9,12,15H,4-5,8,14H2,1-3H3. The van der Waals surface area contributed by atoms with Gasteiger partial charge in [-0.25, -0.2) is 0 Å². The molecule has 0 fully saturated rings. The van der Waals surface area contributed by atoms with E-state index in [0.717, 1.165) is 19.4 Å². The molecule has 0 amide bonds. The summed E-state index contributed by atoms with van der Waals surface area (Å²) >= 11 is 0. The van der Waals surface area contributed by atoms with Crippen molar-refractivity contribution in [2.24, 2.45) is 5.73 Å². The first-order chi connectivity index (χ1) is 7.09. The molecule has 3 N–H and O–H groups in total. The molecule has 0 heterocycles. The molecular formula is C13H22N2. The van der Waals surface area contributed by atoms with E-state index in [4.69, 9.17) is 5.73 Å². The van der Waals surface area contributed by atoms with Gasteiger partial charge in [-0.3, -0.25) is 0 Å². The molecule has 1 aromatic rings. The van der Waals surface area contributed by atoms with Gasteiger partial charge in [-0.2, -0.15) is 0 Å². The van der Waals surface area contributed by atoms with Crippen LogP contribution in [0.4, 0.5) is 5.69 Å². The van der Waals surface area contributed by atoms with Crippen LogP contribution in [-0.2, 0) is 0 Å². The summed E-state index contributed by atoms with van der Waals surface area (Å²) in [6, 6.07) is 6.80. The predicted molar refractivity (Wildman–Crippen MR) is 67.3 cm³/mol. The minimum Gasteiger partial charge on any atom is -0.385 e. The lowest BCUT2D eigenvalue weighted by molar-refractivity contribution is 0.639. The molecule has 0 aliphatic heterocycles. The molecule has 0 spiro atoms. The van der Waals surface area contributed by atoms with Gasteiger partial charge in [0.15, 0.2) is 0 Å². The molecular weight excluding hydrogens is 184 g/mol. The maximum Gasteiger partial charge on any atom is 0.0370 e. The van der Waals surface area contributed by atoms with Crippen LogP contribution in [0.25, 0.3) is 0 Å². The van der Waals surface area contributed by atoms with Crippen molar-refractivity contribution in [1.82, 2.24) is 0 Å². The number of anilines is 1. The summed E-state index contributed by atoms with van der Waals surface area (Å²) in [6.07, 6.45) is 2.21. The summed E-state index contributed by atoms with van der Waals surface area (Å²) in [5.74, 6) is 0. The van der Waals surface area contributed by atoms with Crippen molar-refractivity contribution in [2.45, 2.75) is 39.7 Å². The van der Waals surface area contributed by atoms with Crippen molar-refractivity contribution in [1.29, 1.82) is 0 Å². The fourth-order valence-corrected chi connectivity index (χ4v) is 1.66. The zero-order valence-corrected chi connectivity index (χ0v) is 10.0. The maximum atomic E-state index is 5.69. The smallest absolute Gasteiger partial charge is 0.0370 e. The number of nitrogens with one attached hydrogen (secondary N) is 1. The van der Waals surface area contributed by atoms with Crippen molar-refractivity contribution in [3.05, 3.63) is 29.3 Å². The maximum absolute atomic E-state index is 5.69. The summed E-state index contributed by atoms with van der Waals surface area (Å²) < 4.78 is 0. The van der Waals surface area contributed by atoms with E-state index in [9.17, 15) is 0 Å². The van der Waals surface area contributed by atoms with Crippen LogP contribution in [0.3, 0.4) is 0 Å². The monoisotopic (exact) mass is 206 g/mol. The van der Waals surface area contributed by atoms with Crippen LogP contribution in [0.15, 0.2) is 18.2 Å². The Morgan fingerprint density at radius 2 is 2.07 bits per heavy atom. The molecule has 15 heavy (non-hydrogen) atoms. The minimum absolute atomic E-state index is 0.311. The SMILES string of the molecule is Cc1ccc(NCCCC(C)N)c(C)c1. The summed E-state index contributed by atoms with van der Waals surface area (Å²) in [6.45, 7) is 7.32. The first-order valence-electron chi connectivity index (χ1n) is 5.66. The first kappa shape index (κ1) is 12.1. The number of hydrogen-bond donors (Lipinski definition) is 2. The van der Waals surface area contributed by atoms with E-state index in [1.165, 1.54) is 16.8 Å². The summed E-state index contributed by atoms with van der Waals surface area (Å²) in [4.78, 5) is 0. The van der Waals surface area contributed by atoms with Gasteiger partial charge in [-0.15, -0.1) is 0 Å². The van der Waals surface area contributed by atoms with Gasteiger partial charge in [0.05, 0.1) is 0 Å². The molecule has 0 aliphatic rings. The average molecular weight is 206 g/mol. The number of rotatable bonds is 5. The van der Waals surface area contributed by atoms with Crippen LogP contribution in [0.5, 0.6) is 0 Å². The lowest BCUT2D eigenvalue weighted by Crippen LogP contribution is -2.16. The van der Waals surface area contributed by atoms with E-state index in [0.29, 0.717) is 6.04 Å². The highest BCUT2D eigenvalue weighted by Gasteiger charge is 1.98. The molecule has 1 unspecified atom stereocenters. The Morgan fingerprint density at radius 3 is 2.67 bits per heavy atom. The van der Waals surface area contributed by atoms with Gasteiger partial charge in [0, 0.05) is 18.3 Å². The fourth-order valence-electron chi connectivity index (χ4n) is 1.66. The van der Waals surface area contributed by atoms with E-state index in [2.05, 4.69) is 44.3 Å². The van der Waals surface area contributed by atoms with Crippen molar-refractivity contribution in [3.63, 3.8) is 0 Å². The highest BCUT2D eigenvalue weighted by molar-refractivity contribution is 5.51. The molecule has 1 rings (SSSR count). The Kier molecular flexibility index (Phi) is 4.63. The van der Waals surface area contributed by atoms with Gasteiger partial charge in [0.2, 0.25) is 0 Å². The van der Waals surface area contributed by atoms with E-state index in [-0.39, 0.29) is 0 Å². The van der Waals surface area contributed by atoms with E-state index < -0.39 is 0 Å². The number of hydrogen-bond acceptors (Lipinski definition) is 2. The highest BCUT2D eigenvalue weighted by Crippen LogP contribution is 2.15. The van der Waals surface area contributed by atoms with Gasteiger partial charge in [-0.1, -0.05) is 17.7 Å². The van der Waals surface area contributed by atoms with Crippen LogP contribution in [0.1, 0.15) is 30.9 Å². The third-order valence-corrected chi connectivity index (χ3v) is 2.53. The fraction of sp³-hybridized carbons (Fsp3) is 0.538. The van der Waals surface area contributed by atoms with Crippen molar-refractivity contribution < 1.29 is 0 Å². The first-order valence-corrected chi connectivity index (χ1v) is 5.66. The Hall–Kier alpha value is -1.02. The third-order valence-electron chi connectivity index (χ3n) is 2.53. The predicted octanol–water partition coefficient (Wildman–Crippen LogP) is 2.84. The molecule has 84 valence electrons. The van der Waals surface area contributed by atoms with Gasteiger partial charge >= 0.3 is 0 Å².